The largest absolute Gasteiger partial charge is 0.480 e. The molecule has 0 aromatic heterocycles. The van der Waals surface area contributed by atoms with Crippen molar-refractivity contribution in [2.24, 2.45) is 0 Å². The standard InChI is InChI=1S/C23H35N3O7/c1-22(2,3)33-21(30)24-12-8-7-11-18(19(27)28)26-23(15-31-16-23)14-25-20(29)32-13-17-9-5-4-6-10-17/h4-6,9-10,18,26H,7-8,11-16H2,1-3H3,(H,24,30)(H,25,29)(H,27,28)/t18-/m1/s1. The number of amides is 2. The molecule has 1 aromatic carbocycles. The quantitative estimate of drug-likeness (QED) is 0.346. The number of carboxylic acids is 1. The lowest BCUT2D eigenvalue weighted by atomic mass is 9.94. The van der Waals surface area contributed by atoms with Crippen molar-refractivity contribution >= 4 is 18.2 Å². The molecule has 1 heterocycles. The molecule has 4 N–H and O–H groups in total. The van der Waals surface area contributed by atoms with Gasteiger partial charge in [0, 0.05) is 13.1 Å². The molecule has 1 fully saturated rings. The van der Waals surface area contributed by atoms with E-state index in [0.717, 1.165) is 5.56 Å². The summed E-state index contributed by atoms with van der Waals surface area (Å²) in [6.07, 6.45) is 0.491. The molecule has 2 rings (SSSR count). The van der Waals surface area contributed by atoms with Crippen molar-refractivity contribution in [1.29, 1.82) is 0 Å². The SMILES string of the molecule is CC(C)(C)OC(=O)NCCCC[C@@H](NC1(CNC(=O)OCc2ccccc2)COC1)C(=O)O. The Balaban J connectivity index is 1.71. The van der Waals surface area contributed by atoms with Crippen molar-refractivity contribution in [3.8, 4) is 0 Å². The predicted octanol–water partition coefficient (Wildman–Crippen LogP) is 2.42. The number of hydrogen-bond donors (Lipinski definition) is 4. The number of benzene rings is 1. The number of hydrogen-bond acceptors (Lipinski definition) is 7. The lowest BCUT2D eigenvalue weighted by Crippen LogP contribution is -2.69. The minimum Gasteiger partial charge on any atom is -0.480 e. The van der Waals surface area contributed by atoms with Crippen LogP contribution in [0.2, 0.25) is 0 Å². The Bertz CT molecular complexity index is 776. The summed E-state index contributed by atoms with van der Waals surface area (Å²) < 4.78 is 15.7. The molecular formula is C23H35N3O7. The second kappa shape index (κ2) is 12.4. The molecule has 2 amide bonds. The molecule has 0 aliphatic carbocycles. The Labute approximate surface area is 194 Å². The van der Waals surface area contributed by atoms with Gasteiger partial charge in [-0.2, -0.15) is 0 Å². The van der Waals surface area contributed by atoms with Crippen molar-refractivity contribution in [2.75, 3.05) is 26.3 Å². The van der Waals surface area contributed by atoms with Crippen molar-refractivity contribution in [2.45, 2.75) is 63.8 Å². The zero-order chi connectivity index (χ0) is 24.3. The van der Waals surface area contributed by atoms with Crippen molar-refractivity contribution < 1.29 is 33.7 Å². The van der Waals surface area contributed by atoms with E-state index in [2.05, 4.69) is 16.0 Å². The van der Waals surface area contributed by atoms with Crippen LogP contribution >= 0.6 is 0 Å². The number of aliphatic carboxylic acids is 1. The average Bonchev–Trinajstić information content (AvgIpc) is 2.71. The molecule has 1 saturated heterocycles. The van der Waals surface area contributed by atoms with Gasteiger partial charge in [0.1, 0.15) is 18.2 Å². The Morgan fingerprint density at radius 1 is 1.09 bits per heavy atom. The third kappa shape index (κ3) is 10.1. The van der Waals surface area contributed by atoms with Gasteiger partial charge in [0.15, 0.2) is 0 Å². The van der Waals surface area contributed by atoms with E-state index in [4.69, 9.17) is 14.2 Å². The lowest BCUT2D eigenvalue weighted by molar-refractivity contribution is -0.143. The Hall–Kier alpha value is -2.85. The first kappa shape index (κ1) is 26.4. The van der Waals surface area contributed by atoms with E-state index in [-0.39, 0.29) is 26.4 Å². The molecule has 1 aliphatic rings. The summed E-state index contributed by atoms with van der Waals surface area (Å²) in [5, 5.41) is 18.1. The minimum atomic E-state index is -0.979. The van der Waals surface area contributed by atoms with Crippen molar-refractivity contribution in [3.05, 3.63) is 35.9 Å². The highest BCUT2D eigenvalue weighted by Crippen LogP contribution is 2.19. The minimum absolute atomic E-state index is 0.151. The first-order valence-corrected chi connectivity index (χ1v) is 11.1. The molecule has 1 atom stereocenters. The van der Waals surface area contributed by atoms with Gasteiger partial charge in [-0.15, -0.1) is 0 Å². The number of nitrogens with one attached hydrogen (secondary N) is 3. The van der Waals surface area contributed by atoms with Crippen LogP contribution in [0.3, 0.4) is 0 Å². The summed E-state index contributed by atoms with van der Waals surface area (Å²) in [5.41, 5.74) is -0.354. The Kier molecular flexibility index (Phi) is 9.93. The van der Waals surface area contributed by atoms with E-state index in [1.807, 2.05) is 30.3 Å². The van der Waals surface area contributed by atoms with Crippen LogP contribution in [0.15, 0.2) is 30.3 Å². The molecule has 0 radical (unpaired) electrons. The maximum Gasteiger partial charge on any atom is 0.407 e. The van der Waals surface area contributed by atoms with Crippen LogP contribution in [-0.4, -0.2) is 66.7 Å². The van der Waals surface area contributed by atoms with Crippen molar-refractivity contribution in [3.63, 3.8) is 0 Å². The second-order valence-corrected chi connectivity index (χ2v) is 9.15. The summed E-state index contributed by atoms with van der Waals surface area (Å²) in [4.78, 5) is 35.4. The fourth-order valence-electron chi connectivity index (χ4n) is 3.21. The van der Waals surface area contributed by atoms with Gasteiger partial charge < -0.3 is 30.0 Å². The molecule has 10 nitrogen and oxygen atoms in total. The fraction of sp³-hybridized carbons (Fsp3) is 0.609. The van der Waals surface area contributed by atoms with Gasteiger partial charge in [-0.1, -0.05) is 30.3 Å². The molecule has 0 spiro atoms. The van der Waals surface area contributed by atoms with Crippen LogP contribution in [0.1, 0.15) is 45.6 Å². The molecule has 33 heavy (non-hydrogen) atoms. The lowest BCUT2D eigenvalue weighted by Gasteiger charge is -2.43. The first-order valence-electron chi connectivity index (χ1n) is 11.1. The molecule has 10 heteroatoms. The average molecular weight is 466 g/mol. The summed E-state index contributed by atoms with van der Waals surface area (Å²) >= 11 is 0. The molecule has 1 aliphatic heterocycles. The molecule has 0 bridgehead atoms. The molecular weight excluding hydrogens is 430 g/mol. The van der Waals surface area contributed by atoms with Gasteiger partial charge in [0.05, 0.1) is 18.8 Å². The highest BCUT2D eigenvalue weighted by atomic mass is 16.6. The zero-order valence-corrected chi connectivity index (χ0v) is 19.5. The highest BCUT2D eigenvalue weighted by molar-refractivity contribution is 5.73. The number of unbranched alkanes of at least 4 members (excludes halogenated alkanes) is 1. The van der Waals surface area contributed by atoms with E-state index >= 15 is 0 Å². The third-order valence-electron chi connectivity index (χ3n) is 4.91. The van der Waals surface area contributed by atoms with Gasteiger partial charge >= 0.3 is 18.2 Å². The van der Waals surface area contributed by atoms with Gasteiger partial charge in [-0.25, -0.2) is 9.59 Å². The maximum atomic E-state index is 12.0. The van der Waals surface area contributed by atoms with Crippen LogP contribution in [0.5, 0.6) is 0 Å². The van der Waals surface area contributed by atoms with Gasteiger partial charge in [0.2, 0.25) is 0 Å². The number of rotatable bonds is 12. The highest BCUT2D eigenvalue weighted by Gasteiger charge is 2.42. The number of alkyl carbamates (subject to hydrolysis) is 2. The number of carbonyl (C=O) groups excluding carboxylic acids is 2. The van der Waals surface area contributed by atoms with E-state index in [1.54, 1.807) is 20.8 Å². The second-order valence-electron chi connectivity index (χ2n) is 9.15. The van der Waals surface area contributed by atoms with E-state index in [0.29, 0.717) is 25.8 Å². The van der Waals surface area contributed by atoms with Gasteiger partial charge in [-0.05, 0) is 45.6 Å². The van der Waals surface area contributed by atoms with Crippen LogP contribution in [0.4, 0.5) is 9.59 Å². The molecule has 0 saturated carbocycles. The van der Waals surface area contributed by atoms with Gasteiger partial charge in [-0.3, -0.25) is 10.1 Å². The topological polar surface area (TPSA) is 135 Å². The molecule has 184 valence electrons. The number of carbonyl (C=O) groups is 3. The van der Waals surface area contributed by atoms with E-state index < -0.39 is 35.3 Å². The van der Waals surface area contributed by atoms with Crippen molar-refractivity contribution in [1.82, 2.24) is 16.0 Å². The van der Waals surface area contributed by atoms with Crippen LogP contribution in [0, 0.1) is 0 Å². The Morgan fingerprint density at radius 2 is 1.79 bits per heavy atom. The smallest absolute Gasteiger partial charge is 0.407 e. The summed E-state index contributed by atoms with van der Waals surface area (Å²) in [5.74, 6) is -0.979. The summed E-state index contributed by atoms with van der Waals surface area (Å²) in [7, 11) is 0. The Morgan fingerprint density at radius 3 is 2.36 bits per heavy atom. The summed E-state index contributed by atoms with van der Waals surface area (Å²) in [6, 6.07) is 8.51. The maximum absolute atomic E-state index is 12.0. The fourth-order valence-corrected chi connectivity index (χ4v) is 3.21. The van der Waals surface area contributed by atoms with Crippen LogP contribution in [0.25, 0.3) is 0 Å². The number of ether oxygens (including phenoxy) is 3. The molecule has 0 unspecified atom stereocenters. The third-order valence-corrected chi connectivity index (χ3v) is 4.91. The normalized spacial score (nSPS) is 15.6. The molecule has 1 aromatic rings. The zero-order valence-electron chi connectivity index (χ0n) is 19.5. The van der Waals surface area contributed by atoms with E-state index in [9.17, 15) is 19.5 Å². The first-order chi connectivity index (χ1) is 15.6. The van der Waals surface area contributed by atoms with Gasteiger partial charge in [0.25, 0.3) is 0 Å². The number of carboxylic acid groups (broad SMARTS) is 1. The van der Waals surface area contributed by atoms with E-state index in [1.165, 1.54) is 0 Å². The van der Waals surface area contributed by atoms with Crippen LogP contribution < -0.4 is 16.0 Å². The predicted molar refractivity (Wildman–Crippen MR) is 121 cm³/mol. The summed E-state index contributed by atoms with van der Waals surface area (Å²) in [6.45, 7) is 6.66. The monoisotopic (exact) mass is 465 g/mol. The van der Waals surface area contributed by atoms with Crippen LogP contribution in [-0.2, 0) is 25.6 Å².